The fourth-order valence-electron chi connectivity index (χ4n) is 3.38. The maximum Gasteiger partial charge on any atom is 0.0569 e. The molecule has 0 spiro atoms. The van der Waals surface area contributed by atoms with Gasteiger partial charge in [0.2, 0.25) is 0 Å². The zero-order valence-corrected chi connectivity index (χ0v) is 12.0. The Balaban J connectivity index is 1.84. The molecular weight excluding hydrogens is 258 g/mol. The molecule has 0 amide bonds. The van der Waals surface area contributed by atoms with Crippen molar-refractivity contribution >= 4 is 10.8 Å². The molecule has 0 unspecified atom stereocenters. The molecule has 2 heterocycles. The summed E-state index contributed by atoms with van der Waals surface area (Å²) in [4.78, 5) is 0. The maximum absolute atomic E-state index is 4.33. The van der Waals surface area contributed by atoms with Crippen LogP contribution >= 0.6 is 0 Å². The fourth-order valence-corrected chi connectivity index (χ4v) is 3.38. The number of rotatable bonds is 2. The van der Waals surface area contributed by atoms with E-state index >= 15 is 0 Å². The van der Waals surface area contributed by atoms with Gasteiger partial charge in [-0.15, -0.1) is 0 Å². The van der Waals surface area contributed by atoms with Crippen LogP contribution < -0.4 is 5.32 Å². The summed E-state index contributed by atoms with van der Waals surface area (Å²) in [6.45, 7) is 2.17. The first-order chi connectivity index (χ1) is 10.4. The Hall–Kier alpha value is -2.13. The molecule has 21 heavy (non-hydrogen) atoms. The van der Waals surface area contributed by atoms with Crippen molar-refractivity contribution in [2.75, 3.05) is 13.1 Å². The molecule has 1 fully saturated rings. The van der Waals surface area contributed by atoms with Crippen molar-refractivity contribution in [3.8, 4) is 11.1 Å². The summed E-state index contributed by atoms with van der Waals surface area (Å²) in [7, 11) is 0. The summed E-state index contributed by atoms with van der Waals surface area (Å²) in [6.07, 6.45) is 4.44. The number of benzene rings is 2. The number of hydrogen-bond donors (Lipinski definition) is 2. The van der Waals surface area contributed by atoms with Gasteiger partial charge in [-0.3, -0.25) is 5.10 Å². The Bertz CT molecular complexity index is 749. The van der Waals surface area contributed by atoms with Gasteiger partial charge in [-0.25, -0.2) is 0 Å². The van der Waals surface area contributed by atoms with Gasteiger partial charge in [0.1, 0.15) is 0 Å². The number of hydrogen-bond acceptors (Lipinski definition) is 2. The standard InChI is InChI=1S/C18H19N3/c1-2-8-15-13(5-1)6-3-9-16(15)17-12-20-21-18(17)14-7-4-10-19-11-14/h1-3,5-6,8-9,12,14,19H,4,7,10-11H2,(H,20,21)/t14-/m1/s1. The Kier molecular flexibility index (Phi) is 3.20. The summed E-state index contributed by atoms with van der Waals surface area (Å²) in [5.41, 5.74) is 3.81. The predicted octanol–water partition coefficient (Wildman–Crippen LogP) is 3.70. The van der Waals surface area contributed by atoms with Gasteiger partial charge in [-0.1, -0.05) is 42.5 Å². The fraction of sp³-hybridized carbons (Fsp3) is 0.278. The van der Waals surface area contributed by atoms with Crippen LogP contribution in [0.15, 0.2) is 48.7 Å². The van der Waals surface area contributed by atoms with E-state index in [9.17, 15) is 0 Å². The summed E-state index contributed by atoms with van der Waals surface area (Å²) in [5, 5.41) is 13.6. The van der Waals surface area contributed by atoms with Crippen molar-refractivity contribution in [2.45, 2.75) is 18.8 Å². The molecule has 0 aliphatic carbocycles. The summed E-state index contributed by atoms with van der Waals surface area (Å²) in [6, 6.07) is 15.1. The molecule has 2 N–H and O–H groups in total. The van der Waals surface area contributed by atoms with Gasteiger partial charge in [0.25, 0.3) is 0 Å². The normalized spacial score (nSPS) is 19.0. The number of nitrogens with zero attached hydrogens (tertiary/aromatic N) is 1. The highest BCUT2D eigenvalue weighted by atomic mass is 15.1. The smallest absolute Gasteiger partial charge is 0.0569 e. The first-order valence-electron chi connectivity index (χ1n) is 7.65. The molecule has 1 atom stereocenters. The van der Waals surface area contributed by atoms with Crippen molar-refractivity contribution in [3.63, 3.8) is 0 Å². The highest BCUT2D eigenvalue weighted by Gasteiger charge is 2.21. The zero-order valence-electron chi connectivity index (χ0n) is 12.0. The van der Waals surface area contributed by atoms with Crippen molar-refractivity contribution < 1.29 is 0 Å². The molecule has 1 aliphatic rings. The Labute approximate surface area is 124 Å². The Morgan fingerprint density at radius 2 is 1.90 bits per heavy atom. The van der Waals surface area contributed by atoms with E-state index in [1.807, 2.05) is 6.20 Å². The first-order valence-corrected chi connectivity index (χ1v) is 7.65. The van der Waals surface area contributed by atoms with E-state index in [1.54, 1.807) is 0 Å². The number of piperidine rings is 1. The monoisotopic (exact) mass is 277 g/mol. The van der Waals surface area contributed by atoms with Crippen LogP contribution in [0.3, 0.4) is 0 Å². The molecule has 2 aromatic carbocycles. The second-order valence-electron chi connectivity index (χ2n) is 5.77. The summed E-state index contributed by atoms with van der Waals surface area (Å²) < 4.78 is 0. The van der Waals surface area contributed by atoms with Gasteiger partial charge in [-0.2, -0.15) is 5.10 Å². The average Bonchev–Trinajstić information content (AvgIpc) is 3.04. The molecular formula is C18H19N3. The van der Waals surface area contributed by atoms with Crippen molar-refractivity contribution in [1.82, 2.24) is 15.5 Å². The van der Waals surface area contributed by atoms with Crippen LogP contribution in [0.5, 0.6) is 0 Å². The van der Waals surface area contributed by atoms with Gasteiger partial charge in [0.05, 0.1) is 6.20 Å². The van der Waals surface area contributed by atoms with Crippen molar-refractivity contribution in [2.24, 2.45) is 0 Å². The topological polar surface area (TPSA) is 40.7 Å². The molecule has 0 saturated carbocycles. The Morgan fingerprint density at radius 1 is 1.00 bits per heavy atom. The highest BCUT2D eigenvalue weighted by molar-refractivity contribution is 5.97. The van der Waals surface area contributed by atoms with Gasteiger partial charge < -0.3 is 5.32 Å². The van der Waals surface area contributed by atoms with Crippen LogP contribution in [0, 0.1) is 0 Å². The molecule has 0 bridgehead atoms. The third-order valence-corrected chi connectivity index (χ3v) is 4.45. The van der Waals surface area contributed by atoms with Gasteiger partial charge >= 0.3 is 0 Å². The minimum atomic E-state index is 0.537. The number of nitrogens with one attached hydrogen (secondary N) is 2. The largest absolute Gasteiger partial charge is 0.316 e. The molecule has 106 valence electrons. The number of aromatic amines is 1. The molecule has 3 heteroatoms. The predicted molar refractivity (Wildman–Crippen MR) is 86.4 cm³/mol. The van der Waals surface area contributed by atoms with Crippen LogP contribution in [0.2, 0.25) is 0 Å². The number of aromatic nitrogens is 2. The van der Waals surface area contributed by atoms with Crippen molar-refractivity contribution in [3.05, 3.63) is 54.4 Å². The maximum atomic E-state index is 4.33. The van der Waals surface area contributed by atoms with Crippen LogP contribution in [-0.2, 0) is 0 Å². The second-order valence-corrected chi connectivity index (χ2v) is 5.77. The summed E-state index contributed by atoms with van der Waals surface area (Å²) in [5.74, 6) is 0.537. The zero-order chi connectivity index (χ0) is 14.1. The average molecular weight is 277 g/mol. The van der Waals surface area contributed by atoms with Gasteiger partial charge in [-0.05, 0) is 35.7 Å². The van der Waals surface area contributed by atoms with E-state index in [0.29, 0.717) is 5.92 Å². The minimum Gasteiger partial charge on any atom is -0.316 e. The lowest BCUT2D eigenvalue weighted by Gasteiger charge is -2.23. The molecule has 1 saturated heterocycles. The molecule has 4 rings (SSSR count). The van der Waals surface area contributed by atoms with Crippen molar-refractivity contribution in [1.29, 1.82) is 0 Å². The summed E-state index contributed by atoms with van der Waals surface area (Å²) >= 11 is 0. The van der Waals surface area contributed by atoms with Gasteiger partial charge in [0, 0.05) is 23.7 Å². The quantitative estimate of drug-likeness (QED) is 0.750. The molecule has 0 radical (unpaired) electrons. The van der Waals surface area contributed by atoms with E-state index in [1.165, 1.54) is 40.4 Å². The van der Waals surface area contributed by atoms with E-state index in [2.05, 4.69) is 58.0 Å². The van der Waals surface area contributed by atoms with E-state index in [4.69, 9.17) is 0 Å². The lowest BCUT2D eigenvalue weighted by Crippen LogP contribution is -2.28. The number of fused-ring (bicyclic) bond motifs is 1. The lowest BCUT2D eigenvalue weighted by atomic mass is 9.90. The second kappa shape index (κ2) is 5.34. The highest BCUT2D eigenvalue weighted by Crippen LogP contribution is 2.34. The molecule has 3 nitrogen and oxygen atoms in total. The molecule has 3 aromatic rings. The number of H-pyrrole nitrogens is 1. The molecule has 1 aliphatic heterocycles. The third kappa shape index (κ3) is 2.24. The lowest BCUT2D eigenvalue weighted by molar-refractivity contribution is 0.455. The van der Waals surface area contributed by atoms with E-state index in [-0.39, 0.29) is 0 Å². The van der Waals surface area contributed by atoms with E-state index < -0.39 is 0 Å². The third-order valence-electron chi connectivity index (χ3n) is 4.45. The van der Waals surface area contributed by atoms with Gasteiger partial charge in [0.15, 0.2) is 0 Å². The van der Waals surface area contributed by atoms with E-state index in [0.717, 1.165) is 13.1 Å². The first kappa shape index (κ1) is 12.6. The van der Waals surface area contributed by atoms with Crippen LogP contribution in [0.25, 0.3) is 21.9 Å². The molecule has 1 aromatic heterocycles. The van der Waals surface area contributed by atoms with Crippen LogP contribution in [0.4, 0.5) is 0 Å². The SMILES string of the molecule is c1ccc2c(-c3cn[nH]c3[C@@H]3CCCNC3)cccc2c1. The Morgan fingerprint density at radius 3 is 2.81 bits per heavy atom. The van der Waals surface area contributed by atoms with Crippen LogP contribution in [-0.4, -0.2) is 23.3 Å². The minimum absolute atomic E-state index is 0.537. The van der Waals surface area contributed by atoms with Crippen LogP contribution in [0.1, 0.15) is 24.5 Å².